The van der Waals surface area contributed by atoms with Crippen LogP contribution in [0.3, 0.4) is 0 Å². The number of aryl methyl sites for hydroxylation is 3. The molecule has 0 aliphatic heterocycles. The molecule has 2 N–H and O–H groups in total. The first kappa shape index (κ1) is 11.2. The van der Waals surface area contributed by atoms with E-state index < -0.39 is 0 Å². The fourth-order valence-corrected chi connectivity index (χ4v) is 2.39. The van der Waals surface area contributed by atoms with Crippen molar-refractivity contribution < 1.29 is 0 Å². The summed E-state index contributed by atoms with van der Waals surface area (Å²) in [6.07, 6.45) is 0.766. The van der Waals surface area contributed by atoms with Gasteiger partial charge in [-0.1, -0.05) is 4.49 Å². The van der Waals surface area contributed by atoms with Crippen molar-refractivity contribution in [2.24, 2.45) is 12.8 Å². The van der Waals surface area contributed by atoms with Crippen LogP contribution in [0.25, 0.3) is 0 Å². The minimum atomic E-state index is -0.0465. The van der Waals surface area contributed by atoms with Gasteiger partial charge in [-0.05, 0) is 31.4 Å². The first-order valence-corrected chi connectivity index (χ1v) is 5.89. The van der Waals surface area contributed by atoms with Crippen molar-refractivity contribution in [2.75, 3.05) is 0 Å². The molecule has 5 nitrogen and oxygen atoms in total. The third kappa shape index (κ3) is 2.12. The fraction of sp³-hybridized carbons (Fsp3) is 0.500. The number of rotatable bonds is 3. The summed E-state index contributed by atoms with van der Waals surface area (Å²) in [5.74, 6) is 0. The maximum atomic E-state index is 6.14. The zero-order valence-electron chi connectivity index (χ0n) is 9.64. The van der Waals surface area contributed by atoms with Crippen LogP contribution in [0.2, 0.25) is 0 Å². The molecule has 2 aromatic heterocycles. The van der Waals surface area contributed by atoms with Crippen molar-refractivity contribution in [3.63, 3.8) is 0 Å². The molecule has 6 heteroatoms. The summed E-state index contributed by atoms with van der Waals surface area (Å²) in [6.45, 7) is 3.92. The Bertz CT molecular complexity index is 487. The number of aromatic nitrogens is 4. The van der Waals surface area contributed by atoms with Crippen LogP contribution in [0.5, 0.6) is 0 Å². The van der Waals surface area contributed by atoms with E-state index in [9.17, 15) is 0 Å². The normalized spacial score (nSPS) is 13.0. The van der Waals surface area contributed by atoms with Gasteiger partial charge in [0.1, 0.15) is 0 Å². The summed E-state index contributed by atoms with van der Waals surface area (Å²) in [4.78, 5) is 1.05. The maximum absolute atomic E-state index is 6.14. The van der Waals surface area contributed by atoms with Gasteiger partial charge in [0.15, 0.2) is 0 Å². The molecule has 0 saturated carbocycles. The molecule has 0 aromatic carbocycles. The highest BCUT2D eigenvalue weighted by atomic mass is 32.1. The molecule has 0 amide bonds. The molecular weight excluding hydrogens is 222 g/mol. The summed E-state index contributed by atoms with van der Waals surface area (Å²) in [7, 11) is 1.94. The average molecular weight is 237 g/mol. The molecular formula is C10H15N5S. The van der Waals surface area contributed by atoms with Crippen LogP contribution in [0.4, 0.5) is 0 Å². The predicted octanol–water partition coefficient (Wildman–Crippen LogP) is 1.13. The van der Waals surface area contributed by atoms with E-state index in [2.05, 4.69) is 20.8 Å². The second-order valence-electron chi connectivity index (χ2n) is 3.93. The molecule has 1 unspecified atom stereocenters. The summed E-state index contributed by atoms with van der Waals surface area (Å²) in [6, 6.07) is 2.01. The second kappa shape index (κ2) is 4.31. The molecule has 16 heavy (non-hydrogen) atoms. The van der Waals surface area contributed by atoms with Crippen LogP contribution in [0.1, 0.15) is 28.0 Å². The zero-order valence-corrected chi connectivity index (χ0v) is 10.5. The first-order valence-electron chi connectivity index (χ1n) is 5.12. The van der Waals surface area contributed by atoms with Crippen molar-refractivity contribution in [1.29, 1.82) is 0 Å². The first-order chi connectivity index (χ1) is 7.58. The summed E-state index contributed by atoms with van der Waals surface area (Å²) >= 11 is 1.37. The van der Waals surface area contributed by atoms with E-state index in [4.69, 9.17) is 5.73 Å². The van der Waals surface area contributed by atoms with E-state index >= 15 is 0 Å². The highest BCUT2D eigenvalue weighted by molar-refractivity contribution is 7.05. The van der Waals surface area contributed by atoms with Gasteiger partial charge in [-0.15, -0.1) is 5.10 Å². The quantitative estimate of drug-likeness (QED) is 0.868. The number of nitrogens with two attached hydrogens (primary N) is 1. The van der Waals surface area contributed by atoms with Crippen LogP contribution in [0, 0.1) is 13.8 Å². The Morgan fingerprint density at radius 1 is 1.50 bits per heavy atom. The number of hydrogen-bond donors (Lipinski definition) is 1. The summed E-state index contributed by atoms with van der Waals surface area (Å²) in [5.41, 5.74) is 9.22. The molecule has 0 aliphatic rings. The molecule has 86 valence electrons. The molecule has 0 saturated heterocycles. The Labute approximate surface area is 98.4 Å². The maximum Gasteiger partial charge on any atom is 0.0772 e. The van der Waals surface area contributed by atoms with Crippen molar-refractivity contribution in [2.45, 2.75) is 26.3 Å². The Morgan fingerprint density at radius 2 is 2.25 bits per heavy atom. The van der Waals surface area contributed by atoms with Crippen LogP contribution in [-0.4, -0.2) is 19.4 Å². The lowest BCUT2D eigenvalue weighted by Gasteiger charge is -2.09. The third-order valence-corrected chi connectivity index (χ3v) is 3.51. The summed E-state index contributed by atoms with van der Waals surface area (Å²) in [5, 5.41) is 8.27. The predicted molar refractivity (Wildman–Crippen MR) is 63.2 cm³/mol. The van der Waals surface area contributed by atoms with E-state index in [0.717, 1.165) is 28.4 Å². The highest BCUT2D eigenvalue weighted by Crippen LogP contribution is 2.21. The van der Waals surface area contributed by atoms with Gasteiger partial charge in [0.05, 0.1) is 16.3 Å². The Morgan fingerprint density at radius 3 is 2.75 bits per heavy atom. The van der Waals surface area contributed by atoms with Crippen LogP contribution in [-0.2, 0) is 13.5 Å². The monoisotopic (exact) mass is 237 g/mol. The van der Waals surface area contributed by atoms with Gasteiger partial charge < -0.3 is 5.73 Å². The lowest BCUT2D eigenvalue weighted by atomic mass is 10.1. The largest absolute Gasteiger partial charge is 0.323 e. The number of hydrogen-bond acceptors (Lipinski definition) is 5. The molecule has 1 atom stereocenters. The SMILES string of the molecule is Cc1cc(CC(N)c2snnc2C)n(C)n1. The van der Waals surface area contributed by atoms with E-state index in [1.807, 2.05) is 25.6 Å². The van der Waals surface area contributed by atoms with E-state index in [1.54, 1.807) is 0 Å². The van der Waals surface area contributed by atoms with Gasteiger partial charge in [-0.2, -0.15) is 5.10 Å². The molecule has 2 aromatic rings. The van der Waals surface area contributed by atoms with Crippen LogP contribution in [0.15, 0.2) is 6.07 Å². The molecule has 0 bridgehead atoms. The zero-order chi connectivity index (χ0) is 11.7. The Hall–Kier alpha value is -1.27. The second-order valence-corrected chi connectivity index (χ2v) is 4.72. The van der Waals surface area contributed by atoms with Gasteiger partial charge in [-0.3, -0.25) is 4.68 Å². The average Bonchev–Trinajstić information content (AvgIpc) is 2.74. The minimum absolute atomic E-state index is 0.0465. The number of nitrogens with zero attached hydrogens (tertiary/aromatic N) is 4. The Balaban J connectivity index is 2.16. The van der Waals surface area contributed by atoms with Gasteiger partial charge in [0, 0.05) is 25.2 Å². The standard InChI is InChI=1S/C10H15N5S/c1-6-4-8(15(3)13-6)5-9(11)10-7(2)12-14-16-10/h4,9H,5,11H2,1-3H3. The van der Waals surface area contributed by atoms with Crippen molar-refractivity contribution in [3.05, 3.63) is 28.0 Å². The van der Waals surface area contributed by atoms with E-state index in [0.29, 0.717) is 0 Å². The van der Waals surface area contributed by atoms with Crippen molar-refractivity contribution in [3.8, 4) is 0 Å². The molecule has 2 rings (SSSR count). The molecule has 0 fully saturated rings. The van der Waals surface area contributed by atoms with E-state index in [-0.39, 0.29) is 6.04 Å². The molecule has 0 spiro atoms. The van der Waals surface area contributed by atoms with Crippen molar-refractivity contribution in [1.82, 2.24) is 19.4 Å². The highest BCUT2D eigenvalue weighted by Gasteiger charge is 2.15. The Kier molecular flexibility index (Phi) is 3.02. The van der Waals surface area contributed by atoms with Gasteiger partial charge in [0.25, 0.3) is 0 Å². The van der Waals surface area contributed by atoms with E-state index in [1.165, 1.54) is 11.5 Å². The molecule has 2 heterocycles. The summed E-state index contributed by atoms with van der Waals surface area (Å²) < 4.78 is 5.78. The lowest BCUT2D eigenvalue weighted by molar-refractivity contribution is 0.643. The molecule has 0 aliphatic carbocycles. The van der Waals surface area contributed by atoms with Crippen molar-refractivity contribution >= 4 is 11.5 Å². The van der Waals surface area contributed by atoms with Crippen LogP contribution < -0.4 is 5.73 Å². The lowest BCUT2D eigenvalue weighted by Crippen LogP contribution is -2.15. The van der Waals surface area contributed by atoms with Gasteiger partial charge >= 0.3 is 0 Å². The third-order valence-electron chi connectivity index (χ3n) is 2.55. The molecule has 0 radical (unpaired) electrons. The minimum Gasteiger partial charge on any atom is -0.323 e. The topological polar surface area (TPSA) is 69.6 Å². The van der Waals surface area contributed by atoms with Gasteiger partial charge in [-0.25, -0.2) is 0 Å². The smallest absolute Gasteiger partial charge is 0.0772 e. The van der Waals surface area contributed by atoms with Gasteiger partial charge in [0.2, 0.25) is 0 Å². The fourth-order valence-electron chi connectivity index (χ4n) is 1.75. The van der Waals surface area contributed by atoms with Crippen LogP contribution >= 0.6 is 11.5 Å².